The molecule has 2 nitrogen and oxygen atoms in total. The fourth-order valence-corrected chi connectivity index (χ4v) is 4.90. The first kappa shape index (κ1) is 16.1. The molecule has 98 valence electrons. The highest BCUT2D eigenvalue weighted by Crippen LogP contribution is 2.41. The van der Waals surface area contributed by atoms with E-state index in [2.05, 4.69) is 41.2 Å². The smallest absolute Gasteiger partial charge is 0.334 e. The lowest BCUT2D eigenvalue weighted by Gasteiger charge is -2.38. The molecule has 0 bridgehead atoms. The maximum atomic E-state index is 5.59. The molecule has 3 heteroatoms. The highest BCUT2D eigenvalue weighted by molar-refractivity contribution is 6.66. The standard InChI is InChI=1S/C13H30O2Si/c1-9-12(2,3)10-13(4,5)11-16(8,14-6)15-7/h9-11H2,1-8H3. The minimum Gasteiger partial charge on any atom is -0.398 e. The molecule has 0 N–H and O–H groups in total. The summed E-state index contributed by atoms with van der Waals surface area (Å²) in [6.07, 6.45) is 2.43. The van der Waals surface area contributed by atoms with Gasteiger partial charge in [-0.05, 0) is 29.8 Å². The second kappa shape index (κ2) is 5.65. The van der Waals surface area contributed by atoms with Crippen molar-refractivity contribution in [1.29, 1.82) is 0 Å². The zero-order valence-electron chi connectivity index (χ0n) is 12.4. The normalized spacial score (nSPS) is 14.2. The molecule has 0 aliphatic heterocycles. The Morgan fingerprint density at radius 3 is 1.69 bits per heavy atom. The summed E-state index contributed by atoms with van der Waals surface area (Å²) in [6.45, 7) is 13.7. The lowest BCUT2D eigenvalue weighted by molar-refractivity contribution is 0.175. The Hall–Kier alpha value is 0.137. The Morgan fingerprint density at radius 1 is 0.938 bits per heavy atom. The van der Waals surface area contributed by atoms with Crippen LogP contribution in [0.25, 0.3) is 0 Å². The Balaban J connectivity index is 4.56. The van der Waals surface area contributed by atoms with Crippen LogP contribution in [0.5, 0.6) is 0 Å². The highest BCUT2D eigenvalue weighted by atomic mass is 28.4. The molecule has 0 atom stereocenters. The molecule has 0 rings (SSSR count). The summed E-state index contributed by atoms with van der Waals surface area (Å²) in [5.41, 5.74) is 0.687. The van der Waals surface area contributed by atoms with Gasteiger partial charge < -0.3 is 8.85 Å². The molecule has 0 radical (unpaired) electrons. The van der Waals surface area contributed by atoms with Crippen LogP contribution in [0.1, 0.15) is 47.5 Å². The first-order valence-corrected chi connectivity index (χ1v) is 8.72. The van der Waals surface area contributed by atoms with Gasteiger partial charge in [-0.2, -0.15) is 0 Å². The molecule has 0 aromatic rings. The summed E-state index contributed by atoms with van der Waals surface area (Å²) < 4.78 is 11.2. The van der Waals surface area contributed by atoms with Gasteiger partial charge in [-0.15, -0.1) is 0 Å². The summed E-state index contributed by atoms with van der Waals surface area (Å²) in [6, 6.07) is 1.05. The van der Waals surface area contributed by atoms with Crippen LogP contribution in [0.4, 0.5) is 0 Å². The molecule has 0 heterocycles. The Morgan fingerprint density at radius 2 is 1.38 bits per heavy atom. The minimum atomic E-state index is -1.95. The third-order valence-corrected chi connectivity index (χ3v) is 6.90. The summed E-state index contributed by atoms with van der Waals surface area (Å²) in [5, 5.41) is 0. The first-order chi connectivity index (χ1) is 7.10. The van der Waals surface area contributed by atoms with Crippen LogP contribution in [0.2, 0.25) is 12.6 Å². The van der Waals surface area contributed by atoms with E-state index in [9.17, 15) is 0 Å². The van der Waals surface area contributed by atoms with Gasteiger partial charge in [0.25, 0.3) is 0 Å². The summed E-state index contributed by atoms with van der Waals surface area (Å²) in [4.78, 5) is 0. The Bertz CT molecular complexity index is 208. The van der Waals surface area contributed by atoms with Gasteiger partial charge in [0.2, 0.25) is 0 Å². The Labute approximate surface area is 103 Å². The van der Waals surface area contributed by atoms with Crippen molar-refractivity contribution in [1.82, 2.24) is 0 Å². The van der Waals surface area contributed by atoms with Crippen molar-refractivity contribution >= 4 is 8.56 Å². The topological polar surface area (TPSA) is 18.5 Å². The van der Waals surface area contributed by atoms with Gasteiger partial charge in [0.05, 0.1) is 0 Å². The molecule has 0 saturated carbocycles. The van der Waals surface area contributed by atoms with Gasteiger partial charge in [0.15, 0.2) is 0 Å². The molecular formula is C13H30O2Si. The third kappa shape index (κ3) is 5.46. The fraction of sp³-hybridized carbons (Fsp3) is 1.00. The van der Waals surface area contributed by atoms with Crippen molar-refractivity contribution in [3.05, 3.63) is 0 Å². The van der Waals surface area contributed by atoms with Crippen molar-refractivity contribution in [3.8, 4) is 0 Å². The van der Waals surface area contributed by atoms with Crippen LogP contribution in [0, 0.1) is 10.8 Å². The van der Waals surface area contributed by atoms with Crippen molar-refractivity contribution in [2.45, 2.75) is 60.1 Å². The largest absolute Gasteiger partial charge is 0.398 e. The van der Waals surface area contributed by atoms with E-state index in [1.165, 1.54) is 12.8 Å². The highest BCUT2D eigenvalue weighted by Gasteiger charge is 2.38. The molecule has 0 aromatic heterocycles. The zero-order valence-corrected chi connectivity index (χ0v) is 13.4. The van der Waals surface area contributed by atoms with Crippen LogP contribution in [-0.4, -0.2) is 22.8 Å². The molecule has 0 saturated heterocycles. The van der Waals surface area contributed by atoms with E-state index >= 15 is 0 Å². The quantitative estimate of drug-likeness (QED) is 0.627. The van der Waals surface area contributed by atoms with Crippen LogP contribution >= 0.6 is 0 Å². The maximum Gasteiger partial charge on any atom is 0.334 e. The van der Waals surface area contributed by atoms with E-state index in [0.717, 1.165) is 6.04 Å². The minimum absolute atomic E-state index is 0.284. The lowest BCUT2D eigenvalue weighted by Crippen LogP contribution is -2.41. The SMILES string of the molecule is CCC(C)(C)CC(C)(C)C[Si](C)(OC)OC. The molecule has 0 aliphatic carbocycles. The van der Waals surface area contributed by atoms with E-state index in [1.54, 1.807) is 14.2 Å². The van der Waals surface area contributed by atoms with Crippen molar-refractivity contribution in [2.24, 2.45) is 10.8 Å². The molecule has 0 unspecified atom stereocenters. The van der Waals surface area contributed by atoms with Gasteiger partial charge in [-0.1, -0.05) is 41.0 Å². The fourth-order valence-electron chi connectivity index (χ4n) is 2.58. The average molecular weight is 246 g/mol. The monoisotopic (exact) mass is 246 g/mol. The summed E-state index contributed by atoms with van der Waals surface area (Å²) >= 11 is 0. The lowest BCUT2D eigenvalue weighted by atomic mass is 9.75. The van der Waals surface area contributed by atoms with E-state index in [1.807, 2.05) is 0 Å². The van der Waals surface area contributed by atoms with Crippen molar-refractivity contribution in [2.75, 3.05) is 14.2 Å². The van der Waals surface area contributed by atoms with Crippen molar-refractivity contribution < 1.29 is 8.85 Å². The predicted molar refractivity (Wildman–Crippen MR) is 72.9 cm³/mol. The van der Waals surface area contributed by atoms with E-state index in [4.69, 9.17) is 8.85 Å². The summed E-state index contributed by atoms with van der Waals surface area (Å²) in [5.74, 6) is 0. The van der Waals surface area contributed by atoms with Crippen LogP contribution < -0.4 is 0 Å². The average Bonchev–Trinajstić information content (AvgIpc) is 2.15. The molecule has 0 aromatic carbocycles. The van der Waals surface area contributed by atoms with Gasteiger partial charge in [-0.3, -0.25) is 0 Å². The van der Waals surface area contributed by atoms with Crippen LogP contribution in [-0.2, 0) is 8.85 Å². The Kier molecular flexibility index (Phi) is 5.70. The van der Waals surface area contributed by atoms with Crippen LogP contribution in [0.15, 0.2) is 0 Å². The molecule has 0 fully saturated rings. The number of hydrogen-bond donors (Lipinski definition) is 0. The van der Waals surface area contributed by atoms with Gasteiger partial charge >= 0.3 is 8.56 Å². The molecule has 0 amide bonds. The van der Waals surface area contributed by atoms with E-state index < -0.39 is 8.56 Å². The molecule has 16 heavy (non-hydrogen) atoms. The second-order valence-corrected chi connectivity index (χ2v) is 10.0. The van der Waals surface area contributed by atoms with E-state index in [-0.39, 0.29) is 5.41 Å². The second-order valence-electron chi connectivity index (χ2n) is 6.58. The van der Waals surface area contributed by atoms with Gasteiger partial charge in [0.1, 0.15) is 0 Å². The van der Waals surface area contributed by atoms with Crippen molar-refractivity contribution in [3.63, 3.8) is 0 Å². The molecule has 0 aliphatic rings. The first-order valence-electron chi connectivity index (χ1n) is 6.20. The number of rotatable bonds is 7. The zero-order chi connectivity index (χ0) is 13.0. The van der Waals surface area contributed by atoms with Crippen LogP contribution in [0.3, 0.4) is 0 Å². The molecular weight excluding hydrogens is 216 g/mol. The number of hydrogen-bond acceptors (Lipinski definition) is 2. The third-order valence-electron chi connectivity index (χ3n) is 3.58. The van der Waals surface area contributed by atoms with Gasteiger partial charge in [0, 0.05) is 14.2 Å². The van der Waals surface area contributed by atoms with Gasteiger partial charge in [-0.25, -0.2) is 0 Å². The molecule has 0 spiro atoms. The summed E-state index contributed by atoms with van der Waals surface area (Å²) in [7, 11) is 1.60. The maximum absolute atomic E-state index is 5.59. The predicted octanol–water partition coefficient (Wildman–Crippen LogP) is 4.20. The van der Waals surface area contributed by atoms with E-state index in [0.29, 0.717) is 5.41 Å².